The number of Topliss-reactive ketones (excluding diaryl/α,β-unsaturated/α-hetero) is 6. The molecule has 6 saturated heterocycles. The van der Waals surface area contributed by atoms with Gasteiger partial charge in [0.15, 0.2) is 69.0 Å². The third-order valence-corrected chi connectivity index (χ3v) is 24.0. The largest absolute Gasteiger partial charge is 0.493 e. The van der Waals surface area contributed by atoms with Gasteiger partial charge in [0.05, 0.1) is 115 Å². The molecule has 0 amide bonds. The molecule has 15 atom stereocenters. The molecule has 0 aliphatic carbocycles. The summed E-state index contributed by atoms with van der Waals surface area (Å²) in [6.45, 7) is -20.9. The zero-order valence-corrected chi connectivity index (χ0v) is 80.2. The summed E-state index contributed by atoms with van der Waals surface area (Å²) >= 11 is 0. The minimum Gasteiger partial charge on any atom is -0.493 e. The summed E-state index contributed by atoms with van der Waals surface area (Å²) in [5, 5.41) is 0. The fraction of sp³-hybridized carbons (Fsp3) is 0.641. The highest BCUT2D eigenvalue weighted by molar-refractivity contribution is 5.86. The molecule has 6 fully saturated rings. The van der Waals surface area contributed by atoms with Gasteiger partial charge in [0.25, 0.3) is 0 Å². The number of hydrogen-bond acceptors (Lipinski definition) is 24. The molecule has 12 aliphatic heterocycles. The molecule has 0 N–H and O–H groups in total. The number of aryl methyl sites for hydroxylation is 4. The molecule has 774 valence electrons. The van der Waals surface area contributed by atoms with Crippen LogP contribution in [0.5, 0.6) is 69.0 Å². The van der Waals surface area contributed by atoms with E-state index < -0.39 is 393 Å². The van der Waals surface area contributed by atoms with Crippen LogP contribution >= 0.6 is 0 Å². The molecule has 0 radical (unpaired) electrons. The fourth-order valence-corrected chi connectivity index (χ4v) is 17.1. The average Bonchev–Trinajstić information content (AvgIpc) is 0.652. The highest BCUT2D eigenvalue weighted by Crippen LogP contribution is 2.51. The van der Waals surface area contributed by atoms with Gasteiger partial charge in [0.2, 0.25) is 0 Å². The van der Waals surface area contributed by atoms with E-state index in [9.17, 15) is 31.5 Å². The number of ether oxygens (including phenoxy) is 12. The van der Waals surface area contributed by atoms with Crippen molar-refractivity contribution in [1.82, 2.24) is 29.4 Å². The van der Waals surface area contributed by atoms with Crippen molar-refractivity contribution >= 4 is 34.7 Å². The Morgan fingerprint density at radius 1 is 0.326 bits per heavy atom. The minimum atomic E-state index is -4.12. The first-order valence-corrected chi connectivity index (χ1v) is 44.6. The number of benzene rings is 6. The lowest BCUT2D eigenvalue weighted by Crippen LogP contribution is -2.46. The quantitative estimate of drug-likeness (QED) is 0.0466. The van der Waals surface area contributed by atoms with Crippen molar-refractivity contribution in [3.05, 3.63) is 140 Å². The monoisotopic (exact) mass is 2020 g/mol. The maximum atomic E-state index is 13.9. The van der Waals surface area contributed by atoms with Gasteiger partial charge in [-0.3, -0.25) is 58.2 Å². The second kappa shape index (κ2) is 50.0. The number of rotatable bonds is 27. The molecule has 6 aromatic rings. The summed E-state index contributed by atoms with van der Waals surface area (Å²) < 4.78 is 702. The summed E-state index contributed by atoms with van der Waals surface area (Å²) in [6, 6.07) is -0.612. The molecule has 12 aliphatic rings. The summed E-state index contributed by atoms with van der Waals surface area (Å²) in [7, 11) is -10.4. The summed E-state index contributed by atoms with van der Waals surface area (Å²) in [5.74, 6) is -37.3. The number of methoxy groups -OCH3 is 12. The molecule has 12 heterocycles. The maximum absolute atomic E-state index is 13.9. The van der Waals surface area contributed by atoms with E-state index in [1.807, 2.05) is 13.8 Å². The van der Waals surface area contributed by atoms with Gasteiger partial charge in [-0.1, -0.05) is 102 Å². The van der Waals surface area contributed by atoms with Crippen LogP contribution in [-0.2, 0) is 67.1 Å². The number of ketones is 6. The Hall–Kier alpha value is -9.30. The summed E-state index contributed by atoms with van der Waals surface area (Å²) in [6.07, 6.45) is -46.8. The van der Waals surface area contributed by atoms with Gasteiger partial charge in [0.1, 0.15) is 34.7 Å². The van der Waals surface area contributed by atoms with E-state index in [0.717, 1.165) is 68.7 Å². The smallest absolute Gasteiger partial charge is 0.161 e. The molecular weight excluding hydrogens is 1780 g/mol. The minimum absolute atomic E-state index is 0.0311. The van der Waals surface area contributed by atoms with Gasteiger partial charge in [-0.15, -0.1) is 0 Å². The third kappa shape index (κ3) is 25.6. The van der Waals surface area contributed by atoms with Crippen molar-refractivity contribution in [2.45, 2.75) is 253 Å². The van der Waals surface area contributed by atoms with E-state index in [1.165, 1.54) is 50.5 Å². The first-order chi connectivity index (χ1) is 97.3. The lowest BCUT2D eigenvalue weighted by Gasteiger charge is -2.43. The zero-order chi connectivity index (χ0) is 170. The van der Waals surface area contributed by atoms with Gasteiger partial charge in [-0.05, 0) is 252 Å². The van der Waals surface area contributed by atoms with E-state index in [4.69, 9.17) is 161 Å². The van der Waals surface area contributed by atoms with E-state index >= 15 is 0 Å². The van der Waals surface area contributed by atoms with E-state index in [2.05, 4.69) is 0 Å². The Balaban J connectivity index is 0.000000210. The van der Waals surface area contributed by atoms with Crippen LogP contribution in [0, 0.1) is 70.8 Å². The number of piperidine rings is 6. The van der Waals surface area contributed by atoms with Crippen molar-refractivity contribution in [3.63, 3.8) is 0 Å². The molecule has 24 heteroatoms. The molecular formula is C117H168N6O18. The topological polar surface area (TPSA) is 233 Å². The molecule has 18 rings (SSSR count). The van der Waals surface area contributed by atoms with Crippen LogP contribution in [0.3, 0.4) is 0 Å². The van der Waals surface area contributed by atoms with E-state index in [-0.39, 0.29) is 147 Å². The molecule has 6 aromatic carbocycles. The van der Waals surface area contributed by atoms with Gasteiger partial charge in [-0.25, -0.2) is 0 Å². The van der Waals surface area contributed by atoms with Gasteiger partial charge < -0.3 is 56.8 Å². The molecule has 0 saturated carbocycles. The lowest BCUT2D eigenvalue weighted by molar-refractivity contribution is -0.130. The Bertz CT molecular complexity index is 9040. The Kier molecular flexibility index (Phi) is 16.2. The van der Waals surface area contributed by atoms with E-state index in [1.54, 1.807) is 27.7 Å². The van der Waals surface area contributed by atoms with Crippen LogP contribution in [0.1, 0.15) is 389 Å². The predicted octanol–water partition coefficient (Wildman–Crippen LogP) is 20.6. The van der Waals surface area contributed by atoms with Gasteiger partial charge >= 0.3 is 0 Å². The van der Waals surface area contributed by atoms with Crippen molar-refractivity contribution in [2.75, 3.05) is 163 Å². The van der Waals surface area contributed by atoms with Crippen LogP contribution in [0.25, 0.3) is 0 Å². The normalized spacial score (nSPS) is 44.0. The van der Waals surface area contributed by atoms with Gasteiger partial charge in [0, 0.05) is 265 Å². The first-order valence-electron chi connectivity index (χ1n) is 83.6. The average molecular weight is 2030 g/mol. The van der Waals surface area contributed by atoms with Crippen molar-refractivity contribution < 1.29 is 193 Å². The first kappa shape index (κ1) is 45.8. The molecule has 0 aromatic heterocycles. The molecule has 141 heavy (non-hydrogen) atoms. The summed E-state index contributed by atoms with van der Waals surface area (Å²) in [5.41, 5.74) is -2.42. The van der Waals surface area contributed by atoms with Gasteiger partial charge in [-0.2, -0.15) is 0 Å². The Labute approximate surface area is 952 Å². The predicted molar refractivity (Wildman–Crippen MR) is 555 cm³/mol. The SMILES string of the molecule is [2H]C([2H])([2H])Oc1cc2c(cc1OC)C1([2H])CC(=O)C(C([2H])([2H])C([2H])(C([2H])([2H])[2H])C([2H])([2H])C)CN1C([2H])([2H])C2([2H])[2H].[2H]C([2H])([2H])Oc1cc2c(cc1OC)C1([2H])CC(=O)C(CC(C)C)CN1C([2H])([2H])C2([2H])[2H].[2H]C([2H])([2H])Oc1cc2c(cc1OC)C1([2H])N(CC([2H])(C([2H])([2H])C([2H])(C([2H])([2H])[2H])C([2H])([2H])C)C(=O)C1([2H])[2H])C([2H])([2H])C2([2H])[2H].[2H]C([2H])([2H])Oc1cc2c(cc1OC)C1([2H])N(CC([2H])(CC(C)C)C(=O)C1([2H])[2H])C([2H])([2H])C2([2H])[2H].[2H]C([2H])([2H])Oc1cc2c(cc1OC)C1N(CC2)C([2H])([2H])C([2H])(C([2H])([2H])C([2H])(C([2H])([2H])[2H])C([2H])([2H])C)C(=O)C1([2H])[2H].[2H]C([2H])([2H])Oc1cc2c(cc1OC)C1N(CC2)C([2H])([2H])C([2H])(CC(C)C)C(=O)C1([2H])[2H]. The molecule has 24 nitrogen and oxygen atoms in total. The highest BCUT2D eigenvalue weighted by atomic mass is 16.5. The van der Waals surface area contributed by atoms with Crippen molar-refractivity contribution in [3.8, 4) is 69.0 Å². The Morgan fingerprint density at radius 2 is 0.617 bits per heavy atom. The van der Waals surface area contributed by atoms with Crippen LogP contribution in [-0.4, -0.2) is 227 Å². The fourth-order valence-electron chi connectivity index (χ4n) is 17.1. The number of carbonyl (C=O) groups excluding carboxylic acids is 6. The standard InChI is InChI=1S/3C20H29NO3.3C19H27NO3/c3*1-5-13(2)8-15-12-21-7-6-14-9-19(23-3)20(24-4)10-16(14)17(21)11-18(15)22;3*1-12(2)7-14-11-20-6-5-13-8-18(22-3)19(23-4)9-15(13)16(20)10-17(14)21/h3*9-10,13,15,17H,5-8,11-12H2,1-4H3;3*8-9,12,14,16H,5-7,10-11H2,1-4H3/i2D3,3D3,5D2,6D2,7D2,8D2,11D2,13D,15D,17D;2D3,3D3,5D2,8D2,11D2,12D2,13D,15D;2D3,3D3,5D2,6D2,7D2,8D2,13D,17D;3D3,5D2,6D2,10D2,14D,16D;3D3,10D2,11D2,14D;3D3,5D2,6D2,16D. The van der Waals surface area contributed by atoms with Crippen molar-refractivity contribution in [1.29, 1.82) is 0 Å². The number of carbonyl (C=O) groups is 6. The third-order valence-electron chi connectivity index (χ3n) is 24.0. The van der Waals surface area contributed by atoms with Crippen molar-refractivity contribution in [2.24, 2.45) is 70.8 Å². The molecule has 15 unspecified atom stereocenters. The number of nitrogens with zero attached hydrogens (tertiary/aromatic N) is 6. The van der Waals surface area contributed by atoms with Crippen LogP contribution in [0.15, 0.2) is 72.8 Å². The second-order valence-electron chi connectivity index (χ2n) is 34.5. The maximum Gasteiger partial charge on any atom is 0.161 e. The highest BCUT2D eigenvalue weighted by Gasteiger charge is 2.47. The zero-order valence-electron chi connectivity index (χ0n) is 158. The molecule has 0 spiro atoms. The molecule has 0 bridgehead atoms. The number of hydrogen-bond donors (Lipinski definition) is 0. The number of fused-ring (bicyclic) bond motifs is 18. The lowest BCUT2D eigenvalue weighted by atomic mass is 9.79. The van der Waals surface area contributed by atoms with Crippen LogP contribution in [0.2, 0.25) is 0 Å². The second-order valence-corrected chi connectivity index (χ2v) is 34.5. The van der Waals surface area contributed by atoms with E-state index in [0.29, 0.717) is 59.1 Å². The van der Waals surface area contributed by atoms with Crippen LogP contribution in [0.4, 0.5) is 0 Å². The van der Waals surface area contributed by atoms with Crippen LogP contribution < -0.4 is 56.8 Å². The summed E-state index contributed by atoms with van der Waals surface area (Å²) in [4.78, 5) is 84.9. The Morgan fingerprint density at radius 3 is 0.979 bits per heavy atom.